The minimum atomic E-state index is -0.284. The van der Waals surface area contributed by atoms with Gasteiger partial charge in [-0.25, -0.2) is 4.98 Å². The van der Waals surface area contributed by atoms with Crippen molar-refractivity contribution < 1.29 is 4.79 Å². The Balaban J connectivity index is 1.26. The van der Waals surface area contributed by atoms with Crippen molar-refractivity contribution in [1.82, 2.24) is 19.8 Å². The Kier molecular flexibility index (Phi) is 6.74. The van der Waals surface area contributed by atoms with E-state index < -0.39 is 0 Å². The molecule has 1 fully saturated rings. The summed E-state index contributed by atoms with van der Waals surface area (Å²) in [4.78, 5) is 38.8. The highest BCUT2D eigenvalue weighted by Gasteiger charge is 2.29. The zero-order valence-electron chi connectivity index (χ0n) is 18.8. The molecule has 1 aliphatic rings. The van der Waals surface area contributed by atoms with Crippen LogP contribution in [0.5, 0.6) is 0 Å². The molecule has 1 atom stereocenters. The van der Waals surface area contributed by atoms with E-state index in [1.807, 2.05) is 83.8 Å². The molecule has 0 aliphatic carbocycles. The number of rotatable bonds is 6. The molecule has 3 aromatic carbocycles. The number of nitrogens with one attached hydrogen (secondary N) is 1. The number of carbonyl (C=O) groups is 1. The number of nitrogens with zero attached hydrogens (tertiary/aromatic N) is 3. The molecule has 2 heterocycles. The number of thioether (sulfide) groups is 1. The lowest BCUT2D eigenvalue weighted by molar-refractivity contribution is -0.132. The highest BCUT2D eigenvalue weighted by molar-refractivity contribution is 8.00. The van der Waals surface area contributed by atoms with Gasteiger partial charge in [-0.05, 0) is 29.8 Å². The first-order valence-electron chi connectivity index (χ1n) is 11.4. The first-order chi connectivity index (χ1) is 16.7. The maximum Gasteiger partial charge on any atom is 0.258 e. The van der Waals surface area contributed by atoms with Gasteiger partial charge in [0.25, 0.3) is 5.56 Å². The standard InChI is InChI=1S/C27H26N4O2S/c32-26-22-13-7-8-14-23(22)28-24(29-26)19-30-15-17-31(18-16-30)27(33)25(20-9-3-1-4-10-20)34-21-11-5-2-6-12-21/h1-14,25H,15-19H2,(H,28,29,32)/t25-/m1/s1. The van der Waals surface area contributed by atoms with Crippen LogP contribution in [0.15, 0.2) is 94.6 Å². The zero-order chi connectivity index (χ0) is 23.3. The van der Waals surface area contributed by atoms with Crippen molar-refractivity contribution in [2.45, 2.75) is 16.7 Å². The molecule has 0 spiro atoms. The molecular formula is C27H26N4O2S. The van der Waals surface area contributed by atoms with E-state index in [0.29, 0.717) is 36.4 Å². The van der Waals surface area contributed by atoms with Crippen LogP contribution in [0.2, 0.25) is 0 Å². The summed E-state index contributed by atoms with van der Waals surface area (Å²) >= 11 is 1.60. The number of H-pyrrole nitrogens is 1. The molecule has 0 radical (unpaired) electrons. The van der Waals surface area contributed by atoms with Crippen LogP contribution < -0.4 is 5.56 Å². The van der Waals surface area contributed by atoms with Crippen molar-refractivity contribution in [3.05, 3.63) is 107 Å². The number of amides is 1. The van der Waals surface area contributed by atoms with Gasteiger partial charge in [0.1, 0.15) is 11.1 Å². The van der Waals surface area contributed by atoms with Crippen LogP contribution in [0.3, 0.4) is 0 Å². The van der Waals surface area contributed by atoms with E-state index in [0.717, 1.165) is 23.5 Å². The number of fused-ring (bicyclic) bond motifs is 1. The fourth-order valence-electron chi connectivity index (χ4n) is 4.24. The first kappa shape index (κ1) is 22.4. The van der Waals surface area contributed by atoms with E-state index in [9.17, 15) is 9.59 Å². The average Bonchev–Trinajstić information content (AvgIpc) is 2.88. The Morgan fingerprint density at radius 3 is 2.26 bits per heavy atom. The summed E-state index contributed by atoms with van der Waals surface area (Å²) in [5, 5.41) is 0.318. The first-order valence-corrected chi connectivity index (χ1v) is 12.3. The maximum atomic E-state index is 13.6. The zero-order valence-corrected chi connectivity index (χ0v) is 19.6. The molecule has 0 unspecified atom stereocenters. The highest BCUT2D eigenvalue weighted by Crippen LogP contribution is 2.36. The quantitative estimate of drug-likeness (QED) is 0.430. The van der Waals surface area contributed by atoms with Gasteiger partial charge >= 0.3 is 0 Å². The van der Waals surface area contributed by atoms with Gasteiger partial charge in [0.05, 0.1) is 17.4 Å². The van der Waals surface area contributed by atoms with E-state index in [4.69, 9.17) is 0 Å². The number of aromatic nitrogens is 2. The minimum Gasteiger partial charge on any atom is -0.339 e. The molecule has 7 heteroatoms. The second kappa shape index (κ2) is 10.2. The SMILES string of the molecule is O=C([C@H](Sc1ccccc1)c1ccccc1)N1CCN(Cc2nc3ccccc3c(=O)[nH]2)CC1. The van der Waals surface area contributed by atoms with Crippen molar-refractivity contribution in [2.24, 2.45) is 0 Å². The summed E-state index contributed by atoms with van der Waals surface area (Å²) in [6.07, 6.45) is 0. The summed E-state index contributed by atoms with van der Waals surface area (Å²) in [5.74, 6) is 0.794. The van der Waals surface area contributed by atoms with Crippen LogP contribution in [-0.2, 0) is 11.3 Å². The fourth-order valence-corrected chi connectivity index (χ4v) is 5.37. The smallest absolute Gasteiger partial charge is 0.258 e. The van der Waals surface area contributed by atoms with Gasteiger partial charge in [0, 0.05) is 31.1 Å². The molecule has 1 aromatic heterocycles. The maximum absolute atomic E-state index is 13.6. The van der Waals surface area contributed by atoms with Crippen LogP contribution in [0.4, 0.5) is 0 Å². The second-order valence-electron chi connectivity index (χ2n) is 8.35. The van der Waals surface area contributed by atoms with Gasteiger partial charge in [0.15, 0.2) is 0 Å². The Morgan fingerprint density at radius 2 is 1.53 bits per heavy atom. The number of hydrogen-bond acceptors (Lipinski definition) is 5. The molecule has 1 saturated heterocycles. The largest absolute Gasteiger partial charge is 0.339 e. The summed E-state index contributed by atoms with van der Waals surface area (Å²) in [5.41, 5.74) is 1.61. The number of hydrogen-bond donors (Lipinski definition) is 1. The molecule has 1 amide bonds. The Morgan fingerprint density at radius 1 is 0.882 bits per heavy atom. The average molecular weight is 471 g/mol. The molecular weight excluding hydrogens is 444 g/mol. The van der Waals surface area contributed by atoms with Crippen molar-refractivity contribution in [3.8, 4) is 0 Å². The van der Waals surface area contributed by atoms with E-state index in [1.165, 1.54) is 0 Å². The van der Waals surface area contributed by atoms with Gasteiger partial charge in [0.2, 0.25) is 5.91 Å². The second-order valence-corrected chi connectivity index (χ2v) is 9.53. The van der Waals surface area contributed by atoms with Crippen molar-refractivity contribution in [2.75, 3.05) is 26.2 Å². The number of para-hydroxylation sites is 1. The molecule has 4 aromatic rings. The number of benzene rings is 3. The van der Waals surface area contributed by atoms with Crippen LogP contribution >= 0.6 is 11.8 Å². The predicted octanol–water partition coefficient (Wildman–Crippen LogP) is 4.10. The van der Waals surface area contributed by atoms with Gasteiger partial charge in [-0.15, -0.1) is 11.8 Å². The predicted molar refractivity (Wildman–Crippen MR) is 136 cm³/mol. The van der Waals surface area contributed by atoms with Crippen molar-refractivity contribution >= 4 is 28.6 Å². The van der Waals surface area contributed by atoms with Crippen LogP contribution in [-0.4, -0.2) is 51.9 Å². The number of aromatic amines is 1. The molecule has 0 bridgehead atoms. The molecule has 6 nitrogen and oxygen atoms in total. The fraction of sp³-hybridized carbons (Fsp3) is 0.222. The molecule has 5 rings (SSSR count). The monoisotopic (exact) mass is 470 g/mol. The molecule has 1 N–H and O–H groups in total. The van der Waals surface area contributed by atoms with Crippen molar-refractivity contribution in [1.29, 1.82) is 0 Å². The van der Waals surface area contributed by atoms with Gasteiger partial charge in [-0.3, -0.25) is 14.5 Å². The van der Waals surface area contributed by atoms with Gasteiger partial charge < -0.3 is 9.88 Å². The van der Waals surface area contributed by atoms with Crippen molar-refractivity contribution in [3.63, 3.8) is 0 Å². The van der Waals surface area contributed by atoms with Gasteiger partial charge in [-0.1, -0.05) is 60.7 Å². The van der Waals surface area contributed by atoms with E-state index >= 15 is 0 Å². The van der Waals surface area contributed by atoms with E-state index in [2.05, 4.69) is 14.9 Å². The highest BCUT2D eigenvalue weighted by atomic mass is 32.2. The van der Waals surface area contributed by atoms with Crippen LogP contribution in [0, 0.1) is 0 Å². The Hall–Kier alpha value is -3.42. The summed E-state index contributed by atoms with van der Waals surface area (Å²) in [7, 11) is 0. The Bertz CT molecular complexity index is 1320. The lowest BCUT2D eigenvalue weighted by Gasteiger charge is -2.36. The molecule has 34 heavy (non-hydrogen) atoms. The van der Waals surface area contributed by atoms with E-state index in [-0.39, 0.29) is 16.7 Å². The minimum absolute atomic E-state index is 0.113. The number of carbonyl (C=O) groups excluding carboxylic acids is 1. The number of piperazine rings is 1. The summed E-state index contributed by atoms with van der Waals surface area (Å²) < 4.78 is 0. The Labute approximate surface area is 202 Å². The molecule has 0 saturated carbocycles. The van der Waals surface area contributed by atoms with Crippen LogP contribution in [0.25, 0.3) is 10.9 Å². The van der Waals surface area contributed by atoms with E-state index in [1.54, 1.807) is 17.8 Å². The summed E-state index contributed by atoms with van der Waals surface area (Å²) in [6.45, 7) is 3.33. The molecule has 1 aliphatic heterocycles. The third-order valence-corrected chi connectivity index (χ3v) is 7.30. The third kappa shape index (κ3) is 5.05. The van der Waals surface area contributed by atoms with Crippen LogP contribution in [0.1, 0.15) is 16.6 Å². The molecule has 172 valence electrons. The lowest BCUT2D eigenvalue weighted by Crippen LogP contribution is -2.49. The third-order valence-electron chi connectivity index (χ3n) is 6.04. The topological polar surface area (TPSA) is 69.3 Å². The normalized spacial score (nSPS) is 15.4. The lowest BCUT2D eigenvalue weighted by atomic mass is 10.1. The van der Waals surface area contributed by atoms with Gasteiger partial charge in [-0.2, -0.15) is 0 Å². The summed E-state index contributed by atoms with van der Waals surface area (Å²) in [6, 6.07) is 27.4.